The summed E-state index contributed by atoms with van der Waals surface area (Å²) >= 11 is 0. The summed E-state index contributed by atoms with van der Waals surface area (Å²) in [5, 5.41) is 16.9. The zero-order valence-electron chi connectivity index (χ0n) is 15.6. The van der Waals surface area contributed by atoms with Crippen LogP contribution in [0, 0.1) is 0 Å². The highest BCUT2D eigenvalue weighted by atomic mass is 16.6. The van der Waals surface area contributed by atoms with E-state index in [4.69, 9.17) is 9.47 Å². The van der Waals surface area contributed by atoms with Crippen LogP contribution in [0.3, 0.4) is 0 Å². The van der Waals surface area contributed by atoms with Crippen molar-refractivity contribution in [1.82, 2.24) is 30.8 Å². The minimum absolute atomic E-state index is 0.0786. The first-order valence-corrected chi connectivity index (χ1v) is 8.50. The molecule has 2 N–H and O–H groups in total. The van der Waals surface area contributed by atoms with E-state index in [9.17, 15) is 9.59 Å². The molecule has 0 saturated heterocycles. The molecule has 0 aliphatic carbocycles. The molecule has 2 amide bonds. The minimum Gasteiger partial charge on any atom is -0.485 e. The molecule has 10 nitrogen and oxygen atoms in total. The number of hydrogen-bond acceptors (Lipinski definition) is 7. The second-order valence-electron chi connectivity index (χ2n) is 6.62. The molecule has 1 aromatic carbocycles. The fourth-order valence-corrected chi connectivity index (χ4v) is 1.93. The van der Waals surface area contributed by atoms with E-state index in [0.29, 0.717) is 11.6 Å². The molecule has 27 heavy (non-hydrogen) atoms. The molecule has 10 heteroatoms. The third-order valence-corrected chi connectivity index (χ3v) is 3.01. The Bertz CT molecular complexity index is 741. The van der Waals surface area contributed by atoms with Crippen molar-refractivity contribution in [1.29, 1.82) is 0 Å². The van der Waals surface area contributed by atoms with Gasteiger partial charge in [0.2, 0.25) is 11.7 Å². The molecule has 0 saturated carbocycles. The lowest BCUT2D eigenvalue weighted by Crippen LogP contribution is -2.38. The molecule has 0 radical (unpaired) electrons. The highest BCUT2D eigenvalue weighted by molar-refractivity contribution is 5.75. The number of alkyl carbamates (subject to hydrolysis) is 1. The van der Waals surface area contributed by atoms with E-state index < -0.39 is 11.7 Å². The molecule has 0 fully saturated rings. The van der Waals surface area contributed by atoms with E-state index in [2.05, 4.69) is 26.0 Å². The molecular formula is C17H24N6O4. The summed E-state index contributed by atoms with van der Waals surface area (Å²) in [4.78, 5) is 24.5. The van der Waals surface area contributed by atoms with Crippen LogP contribution in [-0.2, 0) is 22.7 Å². The Balaban J connectivity index is 1.64. The van der Waals surface area contributed by atoms with Crippen molar-refractivity contribution in [2.24, 2.45) is 0 Å². The molecule has 0 unspecified atom stereocenters. The van der Waals surface area contributed by atoms with Gasteiger partial charge in [-0.2, -0.15) is 4.80 Å². The van der Waals surface area contributed by atoms with Crippen LogP contribution in [0.2, 0.25) is 0 Å². The zero-order chi connectivity index (χ0) is 19.7. The van der Waals surface area contributed by atoms with Crippen LogP contribution in [0.15, 0.2) is 30.3 Å². The Kier molecular flexibility index (Phi) is 7.09. The lowest BCUT2D eigenvalue weighted by atomic mass is 10.2. The summed E-state index contributed by atoms with van der Waals surface area (Å²) in [7, 11) is 0. The van der Waals surface area contributed by atoms with Crippen molar-refractivity contribution < 1.29 is 19.1 Å². The number of para-hydroxylation sites is 1. The van der Waals surface area contributed by atoms with Crippen molar-refractivity contribution in [3.8, 4) is 5.75 Å². The number of rotatable bonds is 8. The number of carbonyl (C=O) groups is 2. The first-order chi connectivity index (χ1) is 12.8. The fraction of sp³-hybridized carbons (Fsp3) is 0.471. The van der Waals surface area contributed by atoms with Gasteiger partial charge < -0.3 is 20.1 Å². The smallest absolute Gasteiger partial charge is 0.407 e. The van der Waals surface area contributed by atoms with Crippen LogP contribution in [-0.4, -0.2) is 50.9 Å². The second kappa shape index (κ2) is 9.51. The Morgan fingerprint density at radius 1 is 1.11 bits per heavy atom. The molecule has 1 heterocycles. The van der Waals surface area contributed by atoms with E-state index >= 15 is 0 Å². The molecule has 0 spiro atoms. The number of nitrogens with one attached hydrogen (secondary N) is 2. The lowest BCUT2D eigenvalue weighted by molar-refractivity contribution is -0.122. The number of ether oxygens (including phenoxy) is 2. The number of tetrazole rings is 1. The van der Waals surface area contributed by atoms with E-state index in [1.165, 1.54) is 4.80 Å². The number of hydrogen-bond donors (Lipinski definition) is 2. The van der Waals surface area contributed by atoms with Gasteiger partial charge >= 0.3 is 6.09 Å². The predicted octanol–water partition coefficient (Wildman–Crippen LogP) is 0.893. The molecule has 0 aliphatic heterocycles. The van der Waals surface area contributed by atoms with Crippen LogP contribution < -0.4 is 15.4 Å². The van der Waals surface area contributed by atoms with Gasteiger partial charge in [-0.3, -0.25) is 4.79 Å². The number of nitrogens with zero attached hydrogens (tertiary/aromatic N) is 4. The van der Waals surface area contributed by atoms with E-state index in [-0.39, 0.29) is 32.1 Å². The van der Waals surface area contributed by atoms with Gasteiger partial charge in [-0.05, 0) is 38.1 Å². The third kappa shape index (κ3) is 8.17. The average molecular weight is 376 g/mol. The predicted molar refractivity (Wildman–Crippen MR) is 95.8 cm³/mol. The van der Waals surface area contributed by atoms with Crippen LogP contribution >= 0.6 is 0 Å². The minimum atomic E-state index is -0.561. The standard InChI is InChI=1S/C17H24N6O4/c1-17(2,3)27-16(25)19-10-9-18-15(24)11-23-21-14(20-22-23)12-26-13-7-5-4-6-8-13/h4-8H,9-12H2,1-3H3,(H,18,24)(H,19,25). The average Bonchev–Trinajstić information content (AvgIpc) is 3.04. The van der Waals surface area contributed by atoms with E-state index in [1.54, 1.807) is 20.8 Å². The van der Waals surface area contributed by atoms with Crippen molar-refractivity contribution >= 4 is 12.0 Å². The molecule has 1 aromatic heterocycles. The molecule has 0 atom stereocenters. The highest BCUT2D eigenvalue weighted by Crippen LogP contribution is 2.09. The van der Waals surface area contributed by atoms with Crippen LogP contribution in [0.5, 0.6) is 5.75 Å². The Morgan fingerprint density at radius 3 is 2.52 bits per heavy atom. The molecular weight excluding hydrogens is 352 g/mol. The highest BCUT2D eigenvalue weighted by Gasteiger charge is 2.15. The number of amides is 2. The maximum Gasteiger partial charge on any atom is 0.407 e. The summed E-state index contributed by atoms with van der Waals surface area (Å²) < 4.78 is 10.6. The summed E-state index contributed by atoms with van der Waals surface area (Å²) in [5.74, 6) is 0.774. The summed E-state index contributed by atoms with van der Waals surface area (Å²) in [5.41, 5.74) is -0.561. The lowest BCUT2D eigenvalue weighted by Gasteiger charge is -2.19. The van der Waals surface area contributed by atoms with Crippen molar-refractivity contribution in [3.05, 3.63) is 36.2 Å². The molecule has 0 aliphatic rings. The van der Waals surface area contributed by atoms with Crippen molar-refractivity contribution in [3.63, 3.8) is 0 Å². The molecule has 146 valence electrons. The topological polar surface area (TPSA) is 120 Å². The van der Waals surface area contributed by atoms with E-state index in [1.807, 2.05) is 30.3 Å². The monoisotopic (exact) mass is 376 g/mol. The van der Waals surface area contributed by atoms with E-state index in [0.717, 1.165) is 0 Å². The molecule has 2 aromatic rings. The van der Waals surface area contributed by atoms with Crippen molar-refractivity contribution in [2.75, 3.05) is 13.1 Å². The van der Waals surface area contributed by atoms with Gasteiger partial charge in [-0.15, -0.1) is 10.2 Å². The summed E-state index contributed by atoms with van der Waals surface area (Å²) in [6.45, 7) is 5.92. The van der Waals surface area contributed by atoms with Gasteiger partial charge in [-0.1, -0.05) is 18.2 Å². The van der Waals surface area contributed by atoms with Gasteiger partial charge in [-0.25, -0.2) is 4.79 Å². The Labute approximate surface area is 157 Å². The van der Waals surface area contributed by atoms with Crippen molar-refractivity contribution in [2.45, 2.75) is 39.5 Å². The number of carbonyl (C=O) groups excluding carboxylic acids is 2. The molecule has 0 bridgehead atoms. The second-order valence-corrected chi connectivity index (χ2v) is 6.62. The first-order valence-electron chi connectivity index (χ1n) is 8.50. The van der Waals surface area contributed by atoms with Crippen LogP contribution in [0.25, 0.3) is 0 Å². The largest absolute Gasteiger partial charge is 0.485 e. The van der Waals surface area contributed by atoms with Gasteiger partial charge in [0.05, 0.1) is 0 Å². The van der Waals surface area contributed by atoms with Crippen LogP contribution in [0.1, 0.15) is 26.6 Å². The normalized spacial score (nSPS) is 10.9. The van der Waals surface area contributed by atoms with Gasteiger partial charge in [0.15, 0.2) is 6.61 Å². The fourth-order valence-electron chi connectivity index (χ4n) is 1.93. The number of benzene rings is 1. The van der Waals surface area contributed by atoms with Gasteiger partial charge in [0.1, 0.15) is 17.9 Å². The Hall–Kier alpha value is -3.17. The molecule has 2 rings (SSSR count). The van der Waals surface area contributed by atoms with Gasteiger partial charge in [0.25, 0.3) is 0 Å². The first kappa shape index (κ1) is 20.1. The summed E-state index contributed by atoms with van der Waals surface area (Å²) in [6, 6.07) is 9.26. The Morgan fingerprint density at radius 2 is 1.81 bits per heavy atom. The van der Waals surface area contributed by atoms with Crippen LogP contribution in [0.4, 0.5) is 4.79 Å². The SMILES string of the molecule is CC(C)(C)OC(=O)NCCNC(=O)Cn1nnc(COc2ccccc2)n1. The van der Waals surface area contributed by atoms with Gasteiger partial charge in [0, 0.05) is 13.1 Å². The quantitative estimate of drug-likeness (QED) is 0.657. The zero-order valence-corrected chi connectivity index (χ0v) is 15.6. The summed E-state index contributed by atoms with van der Waals surface area (Å²) in [6.07, 6.45) is -0.530. The number of aromatic nitrogens is 4. The maximum atomic E-state index is 11.9. The maximum absolute atomic E-state index is 11.9. The third-order valence-electron chi connectivity index (χ3n) is 3.01.